The van der Waals surface area contributed by atoms with Crippen molar-refractivity contribution in [3.05, 3.63) is 106 Å². The second kappa shape index (κ2) is 7.97. The van der Waals surface area contributed by atoms with Crippen molar-refractivity contribution in [2.45, 2.75) is 39.5 Å². The lowest BCUT2D eigenvalue weighted by atomic mass is 9.99. The molecule has 24 heavy (non-hydrogen) atoms. The first-order valence-electron chi connectivity index (χ1n) is 9.00. The predicted octanol–water partition coefficient (Wildman–Crippen LogP) is 5.99. The third kappa shape index (κ3) is 4.35. The van der Waals surface area contributed by atoms with Crippen molar-refractivity contribution in [1.29, 1.82) is 0 Å². The fourth-order valence-electron chi connectivity index (χ4n) is 3.03. The average Bonchev–Trinajstić information content (AvgIpc) is 2.65. The molecule has 0 aliphatic carbocycles. The van der Waals surface area contributed by atoms with Gasteiger partial charge < -0.3 is 0 Å². The highest BCUT2D eigenvalue weighted by Gasteiger charge is 2.00. The molecule has 0 aliphatic heterocycles. The molecule has 0 radical (unpaired) electrons. The zero-order valence-electron chi connectivity index (χ0n) is 14.8. The van der Waals surface area contributed by atoms with E-state index in [0.29, 0.717) is 0 Å². The molecule has 0 aromatic heterocycles. The van der Waals surface area contributed by atoms with Crippen LogP contribution in [0.4, 0.5) is 0 Å². The summed E-state index contributed by atoms with van der Waals surface area (Å²) in [4.78, 5) is 0. The first kappa shape index (κ1) is 16.5. The molecule has 0 spiro atoms. The van der Waals surface area contributed by atoms with E-state index in [1.54, 1.807) is 0 Å². The maximum atomic E-state index is 2.27. The van der Waals surface area contributed by atoms with Crippen LogP contribution in [-0.2, 0) is 25.7 Å². The van der Waals surface area contributed by atoms with Gasteiger partial charge in [-0.3, -0.25) is 0 Å². The molecule has 3 rings (SSSR count). The standard InChI is InChI=1S/C24H26/c1-3-19-5-9-21(10-6-19)17-23-13-15-24(16-14-23)18-22-11-7-20(4-2)8-12-22/h5-16H,3-4,17-18H2,1-2H3. The largest absolute Gasteiger partial charge is 0.0613 e. The molecule has 0 bridgehead atoms. The molecule has 0 heterocycles. The van der Waals surface area contributed by atoms with Crippen LogP contribution in [0.15, 0.2) is 72.8 Å². The monoisotopic (exact) mass is 314 g/mol. The summed E-state index contributed by atoms with van der Waals surface area (Å²) < 4.78 is 0. The summed E-state index contributed by atoms with van der Waals surface area (Å²) in [5.74, 6) is 0. The predicted molar refractivity (Wildman–Crippen MR) is 104 cm³/mol. The molecule has 0 saturated carbocycles. The lowest BCUT2D eigenvalue weighted by Crippen LogP contribution is -1.92. The number of rotatable bonds is 6. The van der Waals surface area contributed by atoms with Crippen LogP contribution in [-0.4, -0.2) is 0 Å². The van der Waals surface area contributed by atoms with Crippen LogP contribution in [0, 0.1) is 0 Å². The van der Waals surface area contributed by atoms with Crippen LogP contribution in [0.1, 0.15) is 47.2 Å². The van der Waals surface area contributed by atoms with Gasteiger partial charge in [0.15, 0.2) is 0 Å². The molecule has 3 aromatic carbocycles. The van der Waals surface area contributed by atoms with Gasteiger partial charge in [-0.15, -0.1) is 0 Å². The maximum absolute atomic E-state index is 2.27. The van der Waals surface area contributed by atoms with Gasteiger partial charge >= 0.3 is 0 Å². The minimum atomic E-state index is 1.01. The Labute approximate surface area is 146 Å². The second-order valence-electron chi connectivity index (χ2n) is 6.51. The Hall–Kier alpha value is -2.34. The average molecular weight is 314 g/mol. The molecule has 0 unspecified atom stereocenters. The Kier molecular flexibility index (Phi) is 5.48. The van der Waals surface area contributed by atoms with Crippen molar-refractivity contribution in [1.82, 2.24) is 0 Å². The van der Waals surface area contributed by atoms with E-state index in [4.69, 9.17) is 0 Å². The van der Waals surface area contributed by atoms with Gasteiger partial charge in [0.05, 0.1) is 0 Å². The second-order valence-corrected chi connectivity index (χ2v) is 6.51. The topological polar surface area (TPSA) is 0 Å². The van der Waals surface area contributed by atoms with E-state index in [0.717, 1.165) is 25.7 Å². The fourth-order valence-corrected chi connectivity index (χ4v) is 3.03. The molecule has 0 aliphatic rings. The number of benzene rings is 3. The number of aryl methyl sites for hydroxylation is 2. The summed E-state index contributed by atoms with van der Waals surface area (Å²) in [6.45, 7) is 4.40. The van der Waals surface area contributed by atoms with Gasteiger partial charge in [0.2, 0.25) is 0 Å². The molecule has 0 nitrogen and oxygen atoms in total. The first-order valence-corrected chi connectivity index (χ1v) is 9.00. The molecule has 0 N–H and O–H groups in total. The van der Waals surface area contributed by atoms with Gasteiger partial charge in [0.25, 0.3) is 0 Å². The molecular weight excluding hydrogens is 288 g/mol. The van der Waals surface area contributed by atoms with Crippen LogP contribution in [0.3, 0.4) is 0 Å². The quantitative estimate of drug-likeness (QED) is 0.524. The van der Waals surface area contributed by atoms with Crippen molar-refractivity contribution in [3.63, 3.8) is 0 Å². The Morgan fingerprint density at radius 1 is 0.375 bits per heavy atom. The highest BCUT2D eigenvalue weighted by Crippen LogP contribution is 2.15. The van der Waals surface area contributed by atoms with Crippen molar-refractivity contribution in [2.75, 3.05) is 0 Å². The van der Waals surface area contributed by atoms with Crippen molar-refractivity contribution < 1.29 is 0 Å². The smallest absolute Gasteiger partial charge is 0.00258 e. The van der Waals surface area contributed by atoms with Gasteiger partial charge in [-0.25, -0.2) is 0 Å². The third-order valence-corrected chi connectivity index (χ3v) is 4.70. The number of hydrogen-bond acceptors (Lipinski definition) is 0. The van der Waals surface area contributed by atoms with E-state index >= 15 is 0 Å². The van der Waals surface area contributed by atoms with Crippen LogP contribution in [0.2, 0.25) is 0 Å². The summed E-state index contributed by atoms with van der Waals surface area (Å²) >= 11 is 0. The Balaban J connectivity index is 1.63. The van der Waals surface area contributed by atoms with Crippen LogP contribution in [0.25, 0.3) is 0 Å². The molecule has 122 valence electrons. The van der Waals surface area contributed by atoms with E-state index in [9.17, 15) is 0 Å². The summed E-state index contributed by atoms with van der Waals surface area (Å²) in [6, 6.07) is 27.0. The zero-order valence-corrected chi connectivity index (χ0v) is 14.8. The molecular formula is C24H26. The Bertz CT molecular complexity index is 678. The van der Waals surface area contributed by atoms with E-state index in [-0.39, 0.29) is 0 Å². The minimum absolute atomic E-state index is 1.01. The number of hydrogen-bond donors (Lipinski definition) is 0. The Morgan fingerprint density at radius 3 is 0.792 bits per heavy atom. The summed E-state index contributed by atoms with van der Waals surface area (Å²) in [6.07, 6.45) is 4.23. The van der Waals surface area contributed by atoms with Gasteiger partial charge in [0, 0.05) is 0 Å². The summed E-state index contributed by atoms with van der Waals surface area (Å²) in [5.41, 5.74) is 8.34. The van der Waals surface area contributed by atoms with Gasteiger partial charge in [-0.1, -0.05) is 86.6 Å². The molecule has 0 saturated heterocycles. The van der Waals surface area contributed by atoms with Gasteiger partial charge in [-0.2, -0.15) is 0 Å². The molecule has 0 heteroatoms. The minimum Gasteiger partial charge on any atom is -0.0613 e. The van der Waals surface area contributed by atoms with Crippen molar-refractivity contribution in [3.8, 4) is 0 Å². The first-order chi connectivity index (χ1) is 11.8. The molecule has 0 amide bonds. The maximum Gasteiger partial charge on any atom is -0.00258 e. The van der Waals surface area contributed by atoms with Gasteiger partial charge in [0.1, 0.15) is 0 Å². The summed E-state index contributed by atoms with van der Waals surface area (Å²) in [7, 11) is 0. The molecule has 0 atom stereocenters. The van der Waals surface area contributed by atoms with E-state index < -0.39 is 0 Å². The van der Waals surface area contributed by atoms with Crippen molar-refractivity contribution >= 4 is 0 Å². The van der Waals surface area contributed by atoms with Crippen LogP contribution < -0.4 is 0 Å². The van der Waals surface area contributed by atoms with Gasteiger partial charge in [-0.05, 0) is 59.1 Å². The SMILES string of the molecule is CCc1ccc(Cc2ccc(Cc3ccc(CC)cc3)cc2)cc1. The van der Waals surface area contributed by atoms with Crippen LogP contribution in [0.5, 0.6) is 0 Å². The van der Waals surface area contributed by atoms with E-state index in [1.165, 1.54) is 33.4 Å². The fraction of sp³-hybridized carbons (Fsp3) is 0.250. The van der Waals surface area contributed by atoms with E-state index in [2.05, 4.69) is 86.6 Å². The highest BCUT2D eigenvalue weighted by molar-refractivity contribution is 5.33. The van der Waals surface area contributed by atoms with E-state index in [1.807, 2.05) is 0 Å². The lowest BCUT2D eigenvalue weighted by molar-refractivity contribution is 1.11. The Morgan fingerprint density at radius 2 is 0.583 bits per heavy atom. The van der Waals surface area contributed by atoms with Crippen LogP contribution >= 0.6 is 0 Å². The molecule has 3 aromatic rings. The summed E-state index contributed by atoms with van der Waals surface area (Å²) in [5, 5.41) is 0. The van der Waals surface area contributed by atoms with Crippen molar-refractivity contribution in [2.24, 2.45) is 0 Å². The third-order valence-electron chi connectivity index (χ3n) is 4.70. The lowest BCUT2D eigenvalue weighted by Gasteiger charge is -2.07. The highest BCUT2D eigenvalue weighted by atomic mass is 14.1. The molecule has 0 fully saturated rings. The zero-order chi connectivity index (χ0) is 16.8. The normalized spacial score (nSPS) is 10.8.